The lowest BCUT2D eigenvalue weighted by atomic mass is 10.1. The number of hydrogen-bond acceptors (Lipinski definition) is 7. The fourth-order valence-electron chi connectivity index (χ4n) is 4.14. The maximum absolute atomic E-state index is 13.2. The molecule has 4 rings (SSSR count). The summed E-state index contributed by atoms with van der Waals surface area (Å²) >= 11 is 1.11. The number of carbonyl (C=O) groups excluding carboxylic acids is 2. The summed E-state index contributed by atoms with van der Waals surface area (Å²) < 4.78 is 43.0. The van der Waals surface area contributed by atoms with Gasteiger partial charge in [0.15, 0.2) is 0 Å². The second-order valence-electron chi connectivity index (χ2n) is 9.01. The van der Waals surface area contributed by atoms with Gasteiger partial charge in [0.05, 0.1) is 32.9 Å². The maximum atomic E-state index is 13.2. The predicted octanol–water partition coefficient (Wildman–Crippen LogP) is 3.43. The molecule has 0 aliphatic carbocycles. The molecule has 0 atom stereocenters. The van der Waals surface area contributed by atoms with Crippen molar-refractivity contribution in [3.8, 4) is 0 Å². The number of alkyl halides is 3. The summed E-state index contributed by atoms with van der Waals surface area (Å²) in [7, 11) is 4.54. The van der Waals surface area contributed by atoms with E-state index >= 15 is 0 Å². The highest BCUT2D eigenvalue weighted by atomic mass is 32.1. The maximum Gasteiger partial charge on any atom is 0.406 e. The molecule has 2 amide bonds. The van der Waals surface area contributed by atoms with Crippen LogP contribution in [0.3, 0.4) is 0 Å². The number of benzene rings is 1. The lowest BCUT2D eigenvalue weighted by molar-refractivity contribution is -0.140. The Morgan fingerprint density at radius 1 is 1.13 bits per heavy atom. The Hall–Kier alpha value is -4.27. The van der Waals surface area contributed by atoms with Crippen molar-refractivity contribution in [2.24, 2.45) is 7.05 Å². The molecular formula is C24H25F3N8O3S. The van der Waals surface area contributed by atoms with Crippen molar-refractivity contribution in [1.82, 2.24) is 23.6 Å². The van der Waals surface area contributed by atoms with Crippen molar-refractivity contribution >= 4 is 63.6 Å². The molecule has 4 aromatic rings. The van der Waals surface area contributed by atoms with Crippen molar-refractivity contribution < 1.29 is 22.8 Å². The van der Waals surface area contributed by atoms with Crippen LogP contribution >= 0.6 is 11.3 Å². The quantitative estimate of drug-likeness (QED) is 0.269. The highest BCUT2D eigenvalue weighted by Gasteiger charge is 2.31. The van der Waals surface area contributed by atoms with E-state index in [0.717, 1.165) is 28.3 Å². The average Bonchev–Trinajstić information content (AvgIpc) is 3.54. The van der Waals surface area contributed by atoms with Gasteiger partial charge in [0.25, 0.3) is 5.91 Å². The SMILES string of the molecule is CN(C)C(=O)CCn1c(NC(=O)c2ccc(C(C=N)C=N)s2)nc2cc3c(cc21)n(CC(F)(F)F)c(=O)n3C. The molecule has 11 nitrogen and oxygen atoms in total. The summed E-state index contributed by atoms with van der Waals surface area (Å²) in [5.41, 5.74) is 0.0905. The third-order valence-electron chi connectivity index (χ3n) is 6.16. The first-order valence-electron chi connectivity index (χ1n) is 11.6. The van der Waals surface area contributed by atoms with Gasteiger partial charge in [0.1, 0.15) is 6.54 Å². The van der Waals surface area contributed by atoms with E-state index in [1.165, 1.54) is 28.6 Å². The van der Waals surface area contributed by atoms with Crippen LogP contribution < -0.4 is 11.0 Å². The van der Waals surface area contributed by atoms with Crippen LogP contribution in [0.4, 0.5) is 19.1 Å². The second kappa shape index (κ2) is 10.5. The molecule has 0 unspecified atom stereocenters. The van der Waals surface area contributed by atoms with Crippen LogP contribution in [-0.2, 0) is 24.9 Å². The third-order valence-corrected chi connectivity index (χ3v) is 7.35. The number of fused-ring (bicyclic) bond motifs is 2. The number of halogens is 3. The Morgan fingerprint density at radius 3 is 2.44 bits per heavy atom. The van der Waals surface area contributed by atoms with Crippen LogP contribution in [0.5, 0.6) is 0 Å². The number of aryl methyl sites for hydroxylation is 2. The fraction of sp³-hybridized carbons (Fsp3) is 0.333. The number of imidazole rings is 2. The normalized spacial score (nSPS) is 12.6. The molecule has 3 N–H and O–H groups in total. The molecule has 3 heterocycles. The van der Waals surface area contributed by atoms with Crippen LogP contribution in [0, 0.1) is 10.8 Å². The van der Waals surface area contributed by atoms with Crippen molar-refractivity contribution in [1.29, 1.82) is 10.8 Å². The van der Waals surface area contributed by atoms with E-state index in [1.807, 2.05) is 0 Å². The van der Waals surface area contributed by atoms with E-state index in [0.29, 0.717) is 25.4 Å². The zero-order chi connectivity index (χ0) is 28.6. The molecular weight excluding hydrogens is 537 g/mol. The van der Waals surface area contributed by atoms with Crippen LogP contribution in [0.25, 0.3) is 22.1 Å². The summed E-state index contributed by atoms with van der Waals surface area (Å²) in [4.78, 5) is 44.8. The van der Waals surface area contributed by atoms with Crippen molar-refractivity contribution in [2.75, 3.05) is 19.4 Å². The van der Waals surface area contributed by atoms with Gasteiger partial charge in [-0.15, -0.1) is 11.3 Å². The van der Waals surface area contributed by atoms with Crippen LogP contribution in [0.1, 0.15) is 26.9 Å². The minimum Gasteiger partial charge on any atom is -0.349 e. The molecule has 0 saturated heterocycles. The van der Waals surface area contributed by atoms with E-state index < -0.39 is 30.2 Å². The van der Waals surface area contributed by atoms with Crippen molar-refractivity contribution in [3.63, 3.8) is 0 Å². The molecule has 1 aromatic carbocycles. The van der Waals surface area contributed by atoms with Crippen molar-refractivity contribution in [2.45, 2.75) is 31.6 Å². The second-order valence-corrected chi connectivity index (χ2v) is 10.1. The van der Waals surface area contributed by atoms with Gasteiger partial charge in [0.2, 0.25) is 11.9 Å². The first kappa shape index (κ1) is 27.8. The van der Waals surface area contributed by atoms with E-state index in [4.69, 9.17) is 10.8 Å². The molecule has 0 fully saturated rings. The first-order chi connectivity index (χ1) is 18.3. The molecule has 0 aliphatic rings. The zero-order valence-corrected chi connectivity index (χ0v) is 22.0. The topological polar surface area (TPSA) is 142 Å². The largest absolute Gasteiger partial charge is 0.406 e. The summed E-state index contributed by atoms with van der Waals surface area (Å²) in [6.07, 6.45) is -2.43. The Kier molecular flexibility index (Phi) is 7.46. The minimum atomic E-state index is -4.63. The molecule has 0 aliphatic heterocycles. The van der Waals surface area contributed by atoms with Crippen LogP contribution in [-0.4, -0.2) is 68.1 Å². The van der Waals surface area contributed by atoms with E-state index in [2.05, 4.69) is 10.3 Å². The van der Waals surface area contributed by atoms with E-state index in [1.54, 1.807) is 26.2 Å². The van der Waals surface area contributed by atoms with Crippen LogP contribution in [0.15, 0.2) is 29.1 Å². The number of carbonyl (C=O) groups is 2. The highest BCUT2D eigenvalue weighted by Crippen LogP contribution is 2.29. The van der Waals surface area contributed by atoms with Gasteiger partial charge in [-0.25, -0.2) is 9.78 Å². The number of nitrogens with zero attached hydrogens (tertiary/aromatic N) is 5. The molecule has 0 spiro atoms. The monoisotopic (exact) mass is 562 g/mol. The molecule has 0 radical (unpaired) electrons. The van der Waals surface area contributed by atoms with Gasteiger partial charge >= 0.3 is 11.9 Å². The Bertz CT molecular complexity index is 1650. The summed E-state index contributed by atoms with van der Waals surface area (Å²) in [6, 6.07) is 6.08. The highest BCUT2D eigenvalue weighted by molar-refractivity contribution is 7.14. The predicted molar refractivity (Wildman–Crippen MR) is 142 cm³/mol. The third kappa shape index (κ3) is 5.48. The average molecular weight is 563 g/mol. The number of anilines is 1. The first-order valence-corrected chi connectivity index (χ1v) is 12.4. The standard InChI is InChI=1S/C24H25F3N8O3S/c1-32(2)20(36)6-7-34-15-9-17-16(33(3)23(38)35(17)12-24(25,26)27)8-14(15)30-22(34)31-21(37)19-5-4-18(39-19)13(10-28)11-29/h4-5,8-11,13,28-29H,6-7,12H2,1-3H3,(H,30,31,37). The molecule has 39 heavy (non-hydrogen) atoms. The number of hydrogen-bond donors (Lipinski definition) is 3. The number of aromatic nitrogens is 4. The summed E-state index contributed by atoms with van der Waals surface area (Å²) in [5, 5.41) is 17.6. The molecule has 0 saturated carbocycles. The van der Waals surface area contributed by atoms with Gasteiger partial charge in [-0.1, -0.05) is 0 Å². The molecule has 3 aromatic heterocycles. The molecule has 0 bridgehead atoms. The van der Waals surface area contributed by atoms with Gasteiger partial charge < -0.3 is 20.3 Å². The smallest absolute Gasteiger partial charge is 0.349 e. The molecule has 206 valence electrons. The number of thiophene rings is 1. The number of amides is 2. The van der Waals surface area contributed by atoms with Gasteiger partial charge in [-0.2, -0.15) is 13.2 Å². The lowest BCUT2D eigenvalue weighted by Crippen LogP contribution is -2.28. The Balaban J connectivity index is 1.81. The Morgan fingerprint density at radius 2 is 1.82 bits per heavy atom. The van der Waals surface area contributed by atoms with Crippen molar-refractivity contribution in [3.05, 3.63) is 44.5 Å². The van der Waals surface area contributed by atoms with Gasteiger partial charge in [-0.3, -0.25) is 24.0 Å². The van der Waals surface area contributed by atoms with Gasteiger partial charge in [0, 0.05) is 51.4 Å². The zero-order valence-electron chi connectivity index (χ0n) is 21.2. The lowest BCUT2D eigenvalue weighted by Gasteiger charge is -2.13. The van der Waals surface area contributed by atoms with Gasteiger partial charge in [-0.05, 0) is 24.3 Å². The van der Waals surface area contributed by atoms with Crippen LogP contribution in [0.2, 0.25) is 0 Å². The summed E-state index contributed by atoms with van der Waals surface area (Å²) in [5.74, 6) is -1.21. The number of nitrogens with one attached hydrogen (secondary N) is 3. The Labute approximate surface area is 223 Å². The fourth-order valence-corrected chi connectivity index (χ4v) is 5.08. The number of rotatable bonds is 9. The molecule has 15 heteroatoms. The minimum absolute atomic E-state index is 0.0208. The van der Waals surface area contributed by atoms with E-state index in [9.17, 15) is 27.6 Å². The van der Waals surface area contributed by atoms with E-state index in [-0.39, 0.29) is 35.9 Å². The summed E-state index contributed by atoms with van der Waals surface area (Å²) in [6.45, 7) is -1.41.